The van der Waals surface area contributed by atoms with Gasteiger partial charge in [0.25, 0.3) is 5.91 Å². The number of carbonyl (C=O) groups excluding carboxylic acids is 1. The molecule has 1 fully saturated rings. The van der Waals surface area contributed by atoms with Gasteiger partial charge >= 0.3 is 0 Å². The smallest absolute Gasteiger partial charge is 0.292 e. The van der Waals surface area contributed by atoms with Crippen LogP contribution in [-0.2, 0) is 0 Å². The number of likely N-dealkylation sites (tertiary alicyclic amines) is 1. The molecule has 1 aliphatic rings. The molecule has 1 aliphatic heterocycles. The Kier molecular flexibility index (Phi) is 2.25. The van der Waals surface area contributed by atoms with Crippen LogP contribution in [0.5, 0.6) is 0 Å². The SMILES string of the molecule is Cc1cnoc1C(=O)N1CCC(O)C1. The summed E-state index contributed by atoms with van der Waals surface area (Å²) in [6.07, 6.45) is 1.75. The van der Waals surface area contributed by atoms with Crippen molar-refractivity contribution in [2.75, 3.05) is 13.1 Å². The average molecular weight is 196 g/mol. The van der Waals surface area contributed by atoms with Crippen molar-refractivity contribution in [3.05, 3.63) is 17.5 Å². The standard InChI is InChI=1S/C9H12N2O3/c1-6-4-10-14-8(6)9(13)11-3-2-7(12)5-11/h4,7,12H,2-3,5H2,1H3. The molecule has 1 saturated heterocycles. The summed E-state index contributed by atoms with van der Waals surface area (Å²) in [5, 5.41) is 12.8. The molecular weight excluding hydrogens is 184 g/mol. The van der Waals surface area contributed by atoms with E-state index < -0.39 is 6.10 Å². The third-order valence-corrected chi connectivity index (χ3v) is 2.39. The van der Waals surface area contributed by atoms with Gasteiger partial charge in [-0.05, 0) is 13.3 Å². The molecule has 1 aromatic heterocycles. The van der Waals surface area contributed by atoms with Crippen LogP contribution < -0.4 is 0 Å². The predicted octanol–water partition coefficient (Wildman–Crippen LogP) is 0.190. The maximum Gasteiger partial charge on any atom is 0.292 e. The van der Waals surface area contributed by atoms with E-state index in [9.17, 15) is 9.90 Å². The van der Waals surface area contributed by atoms with Gasteiger partial charge in [0.1, 0.15) is 0 Å². The van der Waals surface area contributed by atoms with Crippen LogP contribution in [0, 0.1) is 6.92 Å². The van der Waals surface area contributed by atoms with Crippen molar-refractivity contribution in [2.24, 2.45) is 0 Å². The van der Waals surface area contributed by atoms with E-state index in [0.717, 1.165) is 5.56 Å². The van der Waals surface area contributed by atoms with Crippen molar-refractivity contribution in [1.29, 1.82) is 0 Å². The zero-order valence-electron chi connectivity index (χ0n) is 7.93. The minimum absolute atomic E-state index is 0.184. The Labute approximate surface area is 81.3 Å². The average Bonchev–Trinajstić information content (AvgIpc) is 2.73. The summed E-state index contributed by atoms with van der Waals surface area (Å²) in [5.74, 6) is 0.0932. The number of aliphatic hydroxyl groups excluding tert-OH is 1. The number of nitrogens with zero attached hydrogens (tertiary/aromatic N) is 2. The lowest BCUT2D eigenvalue weighted by molar-refractivity contribution is 0.0723. The largest absolute Gasteiger partial charge is 0.391 e. The van der Waals surface area contributed by atoms with Crippen LogP contribution in [0.15, 0.2) is 10.7 Å². The second kappa shape index (κ2) is 3.42. The van der Waals surface area contributed by atoms with Gasteiger partial charge in [0.05, 0.1) is 12.3 Å². The first-order chi connectivity index (χ1) is 6.68. The molecule has 1 amide bonds. The maximum absolute atomic E-state index is 11.8. The van der Waals surface area contributed by atoms with E-state index in [1.807, 2.05) is 0 Å². The van der Waals surface area contributed by atoms with E-state index >= 15 is 0 Å². The molecule has 0 aromatic carbocycles. The van der Waals surface area contributed by atoms with Crippen LogP contribution in [0.4, 0.5) is 0 Å². The summed E-state index contributed by atoms with van der Waals surface area (Å²) in [6.45, 7) is 2.75. The summed E-state index contributed by atoms with van der Waals surface area (Å²) in [6, 6.07) is 0. The van der Waals surface area contributed by atoms with Crippen LogP contribution in [0.2, 0.25) is 0 Å². The molecular formula is C9H12N2O3. The number of hydrogen-bond donors (Lipinski definition) is 1. The zero-order chi connectivity index (χ0) is 10.1. The molecule has 0 aliphatic carbocycles. The Bertz CT molecular complexity index is 348. The molecule has 1 unspecified atom stereocenters. The van der Waals surface area contributed by atoms with Crippen molar-refractivity contribution in [1.82, 2.24) is 10.1 Å². The number of carbonyl (C=O) groups is 1. The predicted molar refractivity (Wildman–Crippen MR) is 47.8 cm³/mol. The van der Waals surface area contributed by atoms with Crippen LogP contribution >= 0.6 is 0 Å². The Morgan fingerprint density at radius 2 is 2.57 bits per heavy atom. The van der Waals surface area contributed by atoms with E-state index in [0.29, 0.717) is 19.5 Å². The second-order valence-corrected chi connectivity index (χ2v) is 3.53. The Hall–Kier alpha value is -1.36. The third-order valence-electron chi connectivity index (χ3n) is 2.39. The van der Waals surface area contributed by atoms with Gasteiger partial charge in [-0.1, -0.05) is 5.16 Å². The molecule has 5 heteroatoms. The molecule has 76 valence electrons. The van der Waals surface area contributed by atoms with Gasteiger partial charge in [0, 0.05) is 18.7 Å². The molecule has 1 N–H and O–H groups in total. The van der Waals surface area contributed by atoms with E-state index in [2.05, 4.69) is 5.16 Å². The van der Waals surface area contributed by atoms with Gasteiger partial charge < -0.3 is 14.5 Å². The molecule has 14 heavy (non-hydrogen) atoms. The zero-order valence-corrected chi connectivity index (χ0v) is 7.93. The van der Waals surface area contributed by atoms with Crippen LogP contribution in [0.1, 0.15) is 22.5 Å². The fraction of sp³-hybridized carbons (Fsp3) is 0.556. The lowest BCUT2D eigenvalue weighted by Crippen LogP contribution is -2.29. The molecule has 0 radical (unpaired) electrons. The highest BCUT2D eigenvalue weighted by Gasteiger charge is 2.28. The van der Waals surface area contributed by atoms with Crippen LogP contribution in [-0.4, -0.2) is 40.3 Å². The molecule has 0 spiro atoms. The maximum atomic E-state index is 11.8. The van der Waals surface area contributed by atoms with Crippen LogP contribution in [0.3, 0.4) is 0 Å². The van der Waals surface area contributed by atoms with Gasteiger partial charge in [0.15, 0.2) is 0 Å². The number of β-amino-alcohol motifs (C(OH)–C–C–N with tert-alkyl or cyclic N) is 1. The van der Waals surface area contributed by atoms with Crippen LogP contribution in [0.25, 0.3) is 0 Å². The third kappa shape index (κ3) is 1.50. The quantitative estimate of drug-likeness (QED) is 0.696. The highest BCUT2D eigenvalue weighted by Crippen LogP contribution is 2.15. The van der Waals surface area contributed by atoms with E-state index in [1.54, 1.807) is 11.8 Å². The number of aryl methyl sites for hydroxylation is 1. The number of rotatable bonds is 1. The minimum Gasteiger partial charge on any atom is -0.391 e. The molecule has 0 bridgehead atoms. The number of hydrogen-bond acceptors (Lipinski definition) is 4. The summed E-state index contributed by atoms with van der Waals surface area (Å²) in [5.41, 5.74) is 0.733. The normalized spacial score (nSPS) is 21.6. The summed E-state index contributed by atoms with van der Waals surface area (Å²) >= 11 is 0. The van der Waals surface area contributed by atoms with E-state index in [4.69, 9.17) is 4.52 Å². The fourth-order valence-corrected chi connectivity index (χ4v) is 1.57. The molecule has 5 nitrogen and oxygen atoms in total. The van der Waals surface area contributed by atoms with Gasteiger partial charge in [0.2, 0.25) is 5.76 Å². The van der Waals surface area contributed by atoms with Crippen molar-refractivity contribution < 1.29 is 14.4 Å². The van der Waals surface area contributed by atoms with Gasteiger partial charge in [-0.25, -0.2) is 0 Å². The van der Waals surface area contributed by atoms with Crippen molar-refractivity contribution in [3.63, 3.8) is 0 Å². The second-order valence-electron chi connectivity index (χ2n) is 3.53. The summed E-state index contributed by atoms with van der Waals surface area (Å²) in [7, 11) is 0. The van der Waals surface area contributed by atoms with Gasteiger partial charge in [-0.2, -0.15) is 0 Å². The molecule has 1 aromatic rings. The molecule has 0 saturated carbocycles. The number of aliphatic hydroxyl groups is 1. The monoisotopic (exact) mass is 196 g/mol. The summed E-state index contributed by atoms with van der Waals surface area (Å²) < 4.78 is 4.85. The Morgan fingerprint density at radius 1 is 1.79 bits per heavy atom. The van der Waals surface area contributed by atoms with Crippen molar-refractivity contribution in [2.45, 2.75) is 19.4 Å². The lowest BCUT2D eigenvalue weighted by Gasteiger charge is -2.13. The number of aromatic nitrogens is 1. The topological polar surface area (TPSA) is 66.6 Å². The first kappa shape index (κ1) is 9.21. The lowest BCUT2D eigenvalue weighted by atomic mass is 10.3. The van der Waals surface area contributed by atoms with Crippen molar-refractivity contribution in [3.8, 4) is 0 Å². The Balaban J connectivity index is 2.13. The van der Waals surface area contributed by atoms with E-state index in [1.165, 1.54) is 6.20 Å². The molecule has 1 atom stereocenters. The fourth-order valence-electron chi connectivity index (χ4n) is 1.57. The minimum atomic E-state index is -0.401. The highest BCUT2D eigenvalue weighted by atomic mass is 16.5. The Morgan fingerprint density at radius 3 is 3.07 bits per heavy atom. The number of amides is 1. The first-order valence-electron chi connectivity index (χ1n) is 4.57. The summed E-state index contributed by atoms with van der Waals surface area (Å²) in [4.78, 5) is 13.3. The molecule has 2 rings (SSSR count). The van der Waals surface area contributed by atoms with Gasteiger partial charge in [-0.15, -0.1) is 0 Å². The van der Waals surface area contributed by atoms with E-state index in [-0.39, 0.29) is 11.7 Å². The van der Waals surface area contributed by atoms with Gasteiger partial charge in [-0.3, -0.25) is 4.79 Å². The van der Waals surface area contributed by atoms with Crippen molar-refractivity contribution >= 4 is 5.91 Å². The highest BCUT2D eigenvalue weighted by molar-refractivity contribution is 5.92. The molecule has 2 heterocycles. The first-order valence-corrected chi connectivity index (χ1v) is 4.57.